The van der Waals surface area contributed by atoms with E-state index in [1.807, 2.05) is 0 Å². The molecule has 1 aliphatic rings. The Morgan fingerprint density at radius 2 is 1.79 bits per heavy atom. The molecule has 3 heteroatoms. The number of rotatable bonds is 3. The Balaban J connectivity index is 2.38. The van der Waals surface area contributed by atoms with Crippen molar-refractivity contribution in [1.29, 1.82) is 0 Å². The summed E-state index contributed by atoms with van der Waals surface area (Å²) in [5, 5.41) is 0.346. The van der Waals surface area contributed by atoms with Gasteiger partial charge in [0, 0.05) is 6.10 Å². The van der Waals surface area contributed by atoms with Gasteiger partial charge in [-0.25, -0.2) is 0 Å². The fourth-order valence-electron chi connectivity index (χ4n) is 1.51. The highest BCUT2D eigenvalue weighted by Gasteiger charge is 2.41. The summed E-state index contributed by atoms with van der Waals surface area (Å²) < 4.78 is 6.28. The molecule has 0 aromatic rings. The highest BCUT2D eigenvalue weighted by Crippen LogP contribution is 2.41. The van der Waals surface area contributed by atoms with E-state index in [4.69, 9.17) is 4.43 Å². The van der Waals surface area contributed by atoms with Crippen molar-refractivity contribution in [3.63, 3.8) is 0 Å². The van der Waals surface area contributed by atoms with E-state index >= 15 is 0 Å². The lowest BCUT2D eigenvalue weighted by atomic mass is 9.84. The number of hydrogen-bond donors (Lipinski definition) is 1. The molecule has 14 heavy (non-hydrogen) atoms. The van der Waals surface area contributed by atoms with Gasteiger partial charge in [0.2, 0.25) is 0 Å². The smallest absolute Gasteiger partial charge is 0.192 e. The van der Waals surface area contributed by atoms with Gasteiger partial charge in [-0.05, 0) is 42.6 Å². The van der Waals surface area contributed by atoms with Crippen LogP contribution in [-0.4, -0.2) is 20.2 Å². The lowest BCUT2D eigenvalue weighted by Gasteiger charge is -2.44. The molecule has 0 radical (unpaired) electrons. The first-order chi connectivity index (χ1) is 6.26. The molecule has 1 saturated carbocycles. The molecule has 0 saturated heterocycles. The van der Waals surface area contributed by atoms with Crippen LogP contribution in [-0.2, 0) is 4.43 Å². The van der Waals surface area contributed by atoms with E-state index in [9.17, 15) is 0 Å². The third-order valence-electron chi connectivity index (χ3n) is 3.72. The molecule has 0 spiro atoms. The number of thiol groups is 1. The van der Waals surface area contributed by atoms with E-state index in [1.54, 1.807) is 0 Å². The summed E-state index contributed by atoms with van der Waals surface area (Å²) in [4.78, 5) is 0. The average molecular weight is 232 g/mol. The van der Waals surface area contributed by atoms with Crippen molar-refractivity contribution >= 4 is 20.9 Å². The summed E-state index contributed by atoms with van der Waals surface area (Å²) in [5.41, 5.74) is 0. The zero-order valence-electron chi connectivity index (χ0n) is 10.1. The molecule has 0 N–H and O–H groups in total. The molecule has 0 atom stereocenters. The van der Waals surface area contributed by atoms with Crippen molar-refractivity contribution in [3.05, 3.63) is 0 Å². The zero-order valence-corrected chi connectivity index (χ0v) is 12.0. The van der Waals surface area contributed by atoms with Crippen LogP contribution < -0.4 is 0 Å². The van der Waals surface area contributed by atoms with E-state index in [0.717, 1.165) is 11.7 Å². The first-order valence-corrected chi connectivity index (χ1v) is 9.09. The molecule has 1 aliphatic carbocycles. The van der Waals surface area contributed by atoms with Crippen molar-refractivity contribution in [2.75, 3.05) is 5.75 Å². The minimum atomic E-state index is -1.50. The Hall–Kier alpha value is 0.527. The molecular weight excluding hydrogens is 208 g/mol. The van der Waals surface area contributed by atoms with Gasteiger partial charge >= 0.3 is 0 Å². The zero-order chi connectivity index (χ0) is 11.0. The normalized spacial score (nSPS) is 28.7. The minimum Gasteiger partial charge on any atom is -0.414 e. The average Bonchev–Trinajstić information content (AvgIpc) is 1.93. The maximum atomic E-state index is 6.28. The monoisotopic (exact) mass is 232 g/mol. The molecule has 1 fully saturated rings. The molecule has 0 amide bonds. The molecule has 84 valence electrons. The molecule has 0 aliphatic heterocycles. The fraction of sp³-hybridized carbons (Fsp3) is 1.00. The van der Waals surface area contributed by atoms with E-state index in [1.165, 1.54) is 12.8 Å². The predicted molar refractivity (Wildman–Crippen MR) is 68.6 cm³/mol. The Bertz CT molecular complexity index is 192. The predicted octanol–water partition coefficient (Wildman–Crippen LogP) is 3.72. The Labute approximate surface area is 95.2 Å². The van der Waals surface area contributed by atoms with Gasteiger partial charge in [-0.15, -0.1) is 0 Å². The highest BCUT2D eigenvalue weighted by molar-refractivity contribution is 7.80. The van der Waals surface area contributed by atoms with Crippen LogP contribution in [0.2, 0.25) is 18.1 Å². The molecule has 0 heterocycles. The standard InChI is InChI=1S/C11H24OSSi/c1-11(2,3)14(4,5)12-10-6-9(7-10)8-13/h9-10,13H,6-8H2,1-5H3. The van der Waals surface area contributed by atoms with Crippen LogP contribution in [0.25, 0.3) is 0 Å². The lowest BCUT2D eigenvalue weighted by Crippen LogP contribution is -2.47. The summed E-state index contributed by atoms with van der Waals surface area (Å²) in [5.74, 6) is 1.84. The van der Waals surface area contributed by atoms with Crippen LogP contribution >= 0.6 is 12.6 Å². The second kappa shape index (κ2) is 4.18. The van der Waals surface area contributed by atoms with Crippen molar-refractivity contribution in [1.82, 2.24) is 0 Å². The topological polar surface area (TPSA) is 9.23 Å². The van der Waals surface area contributed by atoms with Crippen molar-refractivity contribution in [3.8, 4) is 0 Å². The van der Waals surface area contributed by atoms with E-state index in [0.29, 0.717) is 11.1 Å². The molecule has 1 nitrogen and oxygen atoms in total. The lowest BCUT2D eigenvalue weighted by molar-refractivity contribution is 0.0631. The Morgan fingerprint density at radius 1 is 1.29 bits per heavy atom. The van der Waals surface area contributed by atoms with E-state index in [-0.39, 0.29) is 0 Å². The molecule has 0 unspecified atom stereocenters. The fourth-order valence-corrected chi connectivity index (χ4v) is 3.19. The van der Waals surface area contributed by atoms with Crippen LogP contribution in [0.4, 0.5) is 0 Å². The van der Waals surface area contributed by atoms with Gasteiger partial charge < -0.3 is 4.43 Å². The largest absolute Gasteiger partial charge is 0.414 e. The third kappa shape index (κ3) is 2.77. The minimum absolute atomic E-state index is 0.346. The van der Waals surface area contributed by atoms with E-state index in [2.05, 4.69) is 46.5 Å². The molecule has 1 rings (SSSR count). The van der Waals surface area contributed by atoms with Crippen molar-refractivity contribution in [2.24, 2.45) is 5.92 Å². The van der Waals surface area contributed by atoms with Crippen molar-refractivity contribution in [2.45, 2.75) is 57.8 Å². The molecule has 0 bridgehead atoms. The van der Waals surface area contributed by atoms with Crippen LogP contribution in [0.15, 0.2) is 0 Å². The Morgan fingerprint density at radius 3 is 2.14 bits per heavy atom. The van der Waals surface area contributed by atoms with Gasteiger partial charge in [-0.3, -0.25) is 0 Å². The van der Waals surface area contributed by atoms with Crippen LogP contribution in [0, 0.1) is 5.92 Å². The molecule has 0 aromatic heterocycles. The quantitative estimate of drug-likeness (QED) is 0.576. The van der Waals surface area contributed by atoms with Crippen LogP contribution in [0.1, 0.15) is 33.6 Å². The second-order valence-corrected chi connectivity index (χ2v) is 11.1. The van der Waals surface area contributed by atoms with E-state index < -0.39 is 8.32 Å². The van der Waals surface area contributed by atoms with Gasteiger partial charge in [0.25, 0.3) is 0 Å². The molecule has 0 aromatic carbocycles. The maximum Gasteiger partial charge on any atom is 0.192 e. The summed E-state index contributed by atoms with van der Waals surface area (Å²) in [6.45, 7) is 11.6. The van der Waals surface area contributed by atoms with Crippen LogP contribution in [0.3, 0.4) is 0 Å². The summed E-state index contributed by atoms with van der Waals surface area (Å²) >= 11 is 4.31. The first kappa shape index (κ1) is 12.6. The Kier molecular flexibility index (Phi) is 3.76. The maximum absolute atomic E-state index is 6.28. The summed E-state index contributed by atoms with van der Waals surface area (Å²) in [6.07, 6.45) is 3.00. The first-order valence-electron chi connectivity index (χ1n) is 5.55. The number of hydrogen-bond acceptors (Lipinski definition) is 2. The second-order valence-electron chi connectivity index (χ2n) is 6.02. The SMILES string of the molecule is CC(C)(C)[Si](C)(C)OC1CC(CS)C1. The summed E-state index contributed by atoms with van der Waals surface area (Å²) in [6, 6.07) is 0. The van der Waals surface area contributed by atoms with Gasteiger partial charge in [-0.1, -0.05) is 20.8 Å². The highest BCUT2D eigenvalue weighted by atomic mass is 32.1. The van der Waals surface area contributed by atoms with Gasteiger partial charge in [0.15, 0.2) is 8.32 Å². The van der Waals surface area contributed by atoms with Crippen molar-refractivity contribution < 1.29 is 4.43 Å². The third-order valence-corrected chi connectivity index (χ3v) is 8.77. The van der Waals surface area contributed by atoms with Gasteiger partial charge in [0.05, 0.1) is 0 Å². The summed E-state index contributed by atoms with van der Waals surface area (Å²) in [7, 11) is -1.50. The molecular formula is C11H24OSSi. The van der Waals surface area contributed by atoms with Gasteiger partial charge in [-0.2, -0.15) is 12.6 Å². The van der Waals surface area contributed by atoms with Gasteiger partial charge in [0.1, 0.15) is 0 Å². The van der Waals surface area contributed by atoms with Crippen LogP contribution in [0.5, 0.6) is 0 Å².